The number of hydrogen-bond donors (Lipinski definition) is 1. The first-order chi connectivity index (χ1) is 4.84. The fourth-order valence-corrected chi connectivity index (χ4v) is 1.37. The van der Waals surface area contributed by atoms with E-state index in [0.717, 1.165) is 25.7 Å². The molecule has 1 aliphatic carbocycles. The molecule has 5 heteroatoms. The fraction of sp³-hybridized carbons (Fsp3) is 1.00. The molecule has 0 aromatic carbocycles. The van der Waals surface area contributed by atoms with Crippen LogP contribution in [0, 0.1) is 5.21 Å². The summed E-state index contributed by atoms with van der Waals surface area (Å²) < 4.78 is 0. The Kier molecular flexibility index (Phi) is 5.91. The van der Waals surface area contributed by atoms with Crippen molar-refractivity contribution >= 4 is 0 Å². The van der Waals surface area contributed by atoms with Crippen molar-refractivity contribution in [3.63, 3.8) is 0 Å². The van der Waals surface area contributed by atoms with Crippen molar-refractivity contribution in [2.45, 2.75) is 38.1 Å². The molecule has 0 atom stereocenters. The van der Waals surface area contributed by atoms with Crippen LogP contribution >= 0.6 is 0 Å². The van der Waals surface area contributed by atoms with Crippen molar-refractivity contribution in [1.29, 1.82) is 0 Å². The maximum absolute atomic E-state index is 10.7. The Labute approximate surface area is 88.1 Å². The van der Waals surface area contributed by atoms with Crippen molar-refractivity contribution in [1.82, 2.24) is 0 Å². The van der Waals surface area contributed by atoms with Crippen LogP contribution in [0.5, 0.6) is 0 Å². The summed E-state index contributed by atoms with van der Waals surface area (Å²) in [6, 6.07) is -0.0706. The molecular formula is C6H12N2NaO2+. The summed E-state index contributed by atoms with van der Waals surface area (Å²) in [7, 11) is 0. The summed E-state index contributed by atoms with van der Waals surface area (Å²) in [5.74, 6) is 0. The Balaban J connectivity index is 0.000001000. The molecule has 0 aromatic rings. The zero-order valence-corrected chi connectivity index (χ0v) is 8.86. The first kappa shape index (κ1) is 11.2. The van der Waals surface area contributed by atoms with E-state index in [1.807, 2.05) is 0 Å². The number of rotatable bonds is 1. The molecule has 11 heavy (non-hydrogen) atoms. The molecule has 0 bridgehead atoms. The smallest absolute Gasteiger partial charge is 0.597 e. The van der Waals surface area contributed by atoms with E-state index in [2.05, 4.69) is 5.28 Å². The molecule has 1 aliphatic rings. The Bertz CT molecular complexity index is 135. The van der Waals surface area contributed by atoms with E-state index in [-0.39, 0.29) is 35.6 Å². The molecule has 1 fully saturated rings. The van der Waals surface area contributed by atoms with Crippen LogP contribution in [-0.2, 0) is 0 Å². The molecule has 0 heterocycles. The summed E-state index contributed by atoms with van der Waals surface area (Å²) in [6.45, 7) is 0. The molecule has 0 spiro atoms. The van der Waals surface area contributed by atoms with E-state index in [9.17, 15) is 5.21 Å². The third-order valence-electron chi connectivity index (χ3n) is 1.98. The maximum atomic E-state index is 10.7. The van der Waals surface area contributed by atoms with Crippen LogP contribution in [0.2, 0.25) is 0 Å². The monoisotopic (exact) mass is 167 g/mol. The van der Waals surface area contributed by atoms with Gasteiger partial charge in [0.15, 0.2) is 11.3 Å². The zero-order chi connectivity index (χ0) is 7.40. The van der Waals surface area contributed by atoms with Gasteiger partial charge in [-0.15, -0.1) is 0 Å². The maximum Gasteiger partial charge on any atom is 1.00 e. The van der Waals surface area contributed by atoms with Gasteiger partial charge in [-0.3, -0.25) is 0 Å². The van der Waals surface area contributed by atoms with E-state index in [4.69, 9.17) is 5.21 Å². The normalized spacial score (nSPS) is 20.9. The van der Waals surface area contributed by atoms with Crippen LogP contribution in [0.1, 0.15) is 32.1 Å². The molecule has 1 N–H and O–H groups in total. The first-order valence-electron chi connectivity index (χ1n) is 3.66. The minimum atomic E-state index is -0.0706. The van der Waals surface area contributed by atoms with E-state index in [0.29, 0.717) is 4.86 Å². The van der Waals surface area contributed by atoms with E-state index < -0.39 is 0 Å². The largest absolute Gasteiger partial charge is 1.00 e. The van der Waals surface area contributed by atoms with Gasteiger partial charge >= 0.3 is 29.6 Å². The predicted octanol–water partition coefficient (Wildman–Crippen LogP) is -1.33. The van der Waals surface area contributed by atoms with Crippen molar-refractivity contribution in [3.05, 3.63) is 5.21 Å². The summed E-state index contributed by atoms with van der Waals surface area (Å²) in [5.41, 5.74) is 0. The molecule has 58 valence electrons. The van der Waals surface area contributed by atoms with Gasteiger partial charge in [0.25, 0.3) is 0 Å². The fourth-order valence-electron chi connectivity index (χ4n) is 1.37. The Hall–Kier alpha value is 0.200. The van der Waals surface area contributed by atoms with Crippen molar-refractivity contribution in [2.24, 2.45) is 5.28 Å². The summed E-state index contributed by atoms with van der Waals surface area (Å²) in [4.78, 5) is 0.416. The summed E-state index contributed by atoms with van der Waals surface area (Å²) in [5, 5.41) is 21.4. The molecule has 0 unspecified atom stereocenters. The molecule has 4 nitrogen and oxygen atoms in total. The second kappa shape index (κ2) is 5.80. The Morgan fingerprint density at radius 1 is 1.27 bits per heavy atom. The Morgan fingerprint density at radius 3 is 2.27 bits per heavy atom. The number of nitrogens with zero attached hydrogens (tertiary/aromatic N) is 2. The first-order valence-corrected chi connectivity index (χ1v) is 3.66. The molecule has 0 amide bonds. The average Bonchev–Trinajstić information content (AvgIpc) is 2.05. The molecule has 1 saturated carbocycles. The number of hydrogen-bond acceptors (Lipinski definition) is 2. The van der Waals surface area contributed by atoms with Crippen molar-refractivity contribution in [3.8, 4) is 0 Å². The van der Waals surface area contributed by atoms with Crippen molar-refractivity contribution < 1.29 is 39.6 Å². The molecule has 1 rings (SSSR count). The third-order valence-corrected chi connectivity index (χ3v) is 1.98. The molecule has 0 aromatic heterocycles. The van der Waals surface area contributed by atoms with Gasteiger partial charge in [-0.25, -0.2) is 0 Å². The van der Waals surface area contributed by atoms with E-state index >= 15 is 0 Å². The van der Waals surface area contributed by atoms with Gasteiger partial charge in [-0.2, -0.15) is 0 Å². The third kappa shape index (κ3) is 3.40. The SMILES string of the molecule is [Na+].[O-]/[N+](=N\O)C1CCCCC1. The number of hydroxylamine groups is 1. The quantitative estimate of drug-likeness (QED) is 0.228. The minimum absolute atomic E-state index is 0. The standard InChI is InChI=1S/C6H12N2O2.Na/c9-7-8(10)6-4-2-1-3-5-6;/h6,9H,1-5H2;/q;+1/b8-7-;. The van der Waals surface area contributed by atoms with Gasteiger partial charge in [-0.1, -0.05) is 11.3 Å². The van der Waals surface area contributed by atoms with Gasteiger partial charge in [0.1, 0.15) is 0 Å². The topological polar surface area (TPSA) is 58.7 Å². The van der Waals surface area contributed by atoms with E-state index in [1.54, 1.807) is 0 Å². The average molecular weight is 167 g/mol. The molecule has 0 radical (unpaired) electrons. The van der Waals surface area contributed by atoms with Crippen LogP contribution in [-0.4, -0.2) is 16.1 Å². The molecule has 0 aliphatic heterocycles. The second-order valence-electron chi connectivity index (χ2n) is 2.68. The van der Waals surface area contributed by atoms with Crippen LogP contribution in [0.25, 0.3) is 0 Å². The van der Waals surface area contributed by atoms with Gasteiger partial charge in [0.2, 0.25) is 0 Å². The van der Waals surface area contributed by atoms with Crippen LogP contribution < -0.4 is 29.6 Å². The van der Waals surface area contributed by atoms with Gasteiger partial charge < -0.3 is 10.4 Å². The van der Waals surface area contributed by atoms with Crippen LogP contribution in [0.4, 0.5) is 0 Å². The van der Waals surface area contributed by atoms with Crippen LogP contribution in [0.15, 0.2) is 5.28 Å². The van der Waals surface area contributed by atoms with Gasteiger partial charge in [0.05, 0.1) is 0 Å². The predicted molar refractivity (Wildman–Crippen MR) is 34.7 cm³/mol. The molecule has 0 saturated heterocycles. The zero-order valence-electron chi connectivity index (χ0n) is 6.86. The minimum Gasteiger partial charge on any atom is -0.597 e. The summed E-state index contributed by atoms with van der Waals surface area (Å²) >= 11 is 0. The van der Waals surface area contributed by atoms with Crippen molar-refractivity contribution in [2.75, 3.05) is 0 Å². The summed E-state index contributed by atoms with van der Waals surface area (Å²) in [6.07, 6.45) is 5.11. The second-order valence-corrected chi connectivity index (χ2v) is 2.68. The van der Waals surface area contributed by atoms with E-state index in [1.165, 1.54) is 6.42 Å². The van der Waals surface area contributed by atoms with Gasteiger partial charge in [0, 0.05) is 12.8 Å². The van der Waals surface area contributed by atoms with Crippen LogP contribution in [0.3, 0.4) is 0 Å². The molecular weight excluding hydrogens is 155 g/mol. The Morgan fingerprint density at radius 2 is 1.82 bits per heavy atom. The van der Waals surface area contributed by atoms with Gasteiger partial charge in [-0.05, 0) is 12.8 Å².